The molecule has 2 saturated heterocycles. The quantitative estimate of drug-likeness (QED) is 0.786. The van der Waals surface area contributed by atoms with Crippen LogP contribution >= 0.6 is 0 Å². The number of fused-ring (bicyclic) bond motifs is 2. The molecule has 4 atom stereocenters. The number of piperidine rings is 2. The van der Waals surface area contributed by atoms with E-state index in [1.54, 1.807) is 0 Å². The molecule has 20 heavy (non-hydrogen) atoms. The molecule has 1 saturated carbocycles. The second-order valence-corrected chi connectivity index (χ2v) is 7.72. The van der Waals surface area contributed by atoms with Gasteiger partial charge in [0.25, 0.3) is 0 Å². The van der Waals surface area contributed by atoms with Crippen molar-refractivity contribution in [3.63, 3.8) is 0 Å². The predicted octanol–water partition coefficient (Wildman–Crippen LogP) is 3.95. The molecule has 0 radical (unpaired) electrons. The highest BCUT2D eigenvalue weighted by Gasteiger charge is 2.36. The van der Waals surface area contributed by atoms with Crippen LogP contribution in [0.15, 0.2) is 0 Å². The van der Waals surface area contributed by atoms with Crippen LogP contribution in [0.5, 0.6) is 0 Å². The third kappa shape index (κ3) is 3.39. The van der Waals surface area contributed by atoms with Gasteiger partial charge in [-0.2, -0.15) is 0 Å². The average Bonchev–Trinajstić information content (AvgIpc) is 2.65. The molecular weight excluding hydrogens is 244 g/mol. The van der Waals surface area contributed by atoms with Crippen molar-refractivity contribution in [3.05, 3.63) is 0 Å². The molecule has 3 aliphatic rings. The van der Waals surface area contributed by atoms with Gasteiger partial charge in [-0.1, -0.05) is 32.6 Å². The summed E-state index contributed by atoms with van der Waals surface area (Å²) in [4.78, 5) is 2.68. The van der Waals surface area contributed by atoms with Crippen molar-refractivity contribution >= 4 is 0 Å². The maximum Gasteiger partial charge on any atom is 0.0110 e. The lowest BCUT2D eigenvalue weighted by atomic mass is 9.82. The largest absolute Gasteiger partial charge is 0.311 e. The Morgan fingerprint density at radius 2 is 1.55 bits per heavy atom. The summed E-state index contributed by atoms with van der Waals surface area (Å²) in [7, 11) is 2.36. The second-order valence-electron chi connectivity index (χ2n) is 7.72. The summed E-state index contributed by atoms with van der Waals surface area (Å²) >= 11 is 0. The van der Waals surface area contributed by atoms with Crippen molar-refractivity contribution in [1.82, 2.24) is 10.2 Å². The van der Waals surface area contributed by atoms with E-state index in [9.17, 15) is 0 Å². The highest BCUT2D eigenvalue weighted by Crippen LogP contribution is 2.33. The molecule has 0 aromatic carbocycles. The highest BCUT2D eigenvalue weighted by atomic mass is 15.2. The van der Waals surface area contributed by atoms with Crippen LogP contribution in [0.4, 0.5) is 0 Å². The monoisotopic (exact) mass is 278 g/mol. The van der Waals surface area contributed by atoms with Gasteiger partial charge in [-0.3, -0.25) is 0 Å². The maximum atomic E-state index is 4.06. The number of nitrogens with zero attached hydrogens (tertiary/aromatic N) is 1. The van der Waals surface area contributed by atoms with E-state index in [4.69, 9.17) is 0 Å². The van der Waals surface area contributed by atoms with Gasteiger partial charge in [0, 0.05) is 24.2 Å². The van der Waals surface area contributed by atoms with Crippen molar-refractivity contribution in [1.29, 1.82) is 0 Å². The molecule has 0 amide bonds. The van der Waals surface area contributed by atoms with Crippen molar-refractivity contribution in [2.45, 2.75) is 102 Å². The van der Waals surface area contributed by atoms with E-state index in [0.717, 1.165) is 30.1 Å². The minimum absolute atomic E-state index is 0.810. The predicted molar refractivity (Wildman–Crippen MR) is 86.0 cm³/mol. The first kappa shape index (κ1) is 14.8. The zero-order chi connectivity index (χ0) is 13.9. The molecule has 3 rings (SSSR count). The van der Waals surface area contributed by atoms with Crippen molar-refractivity contribution in [2.24, 2.45) is 5.92 Å². The summed E-state index contributed by atoms with van der Waals surface area (Å²) in [6, 6.07) is 3.37. The Balaban J connectivity index is 1.51. The molecule has 116 valence electrons. The van der Waals surface area contributed by atoms with Crippen LogP contribution in [0.25, 0.3) is 0 Å². The van der Waals surface area contributed by atoms with Gasteiger partial charge in [0.15, 0.2) is 0 Å². The molecule has 2 nitrogen and oxygen atoms in total. The van der Waals surface area contributed by atoms with Crippen LogP contribution < -0.4 is 5.32 Å². The fourth-order valence-corrected chi connectivity index (χ4v) is 5.04. The standard InChI is InChI=1S/C18H34N2/c1-3-14-6-4-7-15(11-10-14)19-16-12-17-8-5-9-18(13-16)20(17)2/h14-19H,3-13H2,1-2H3. The van der Waals surface area contributed by atoms with Crippen molar-refractivity contribution in [2.75, 3.05) is 7.05 Å². The molecule has 1 N–H and O–H groups in total. The first-order chi connectivity index (χ1) is 9.76. The lowest BCUT2D eigenvalue weighted by molar-refractivity contribution is 0.0452. The van der Waals surface area contributed by atoms with Gasteiger partial charge in [0.05, 0.1) is 0 Å². The minimum Gasteiger partial charge on any atom is -0.311 e. The van der Waals surface area contributed by atoms with Gasteiger partial charge < -0.3 is 10.2 Å². The third-order valence-corrected chi connectivity index (χ3v) is 6.48. The molecule has 2 heterocycles. The highest BCUT2D eigenvalue weighted by molar-refractivity contribution is 4.94. The molecule has 2 aliphatic heterocycles. The Hall–Kier alpha value is -0.0800. The molecule has 2 heteroatoms. The van der Waals surface area contributed by atoms with Gasteiger partial charge in [-0.15, -0.1) is 0 Å². The topological polar surface area (TPSA) is 15.3 Å². The first-order valence-corrected chi connectivity index (χ1v) is 9.24. The molecule has 4 unspecified atom stereocenters. The van der Waals surface area contributed by atoms with Gasteiger partial charge in [0.1, 0.15) is 0 Å². The fourth-order valence-electron chi connectivity index (χ4n) is 5.04. The summed E-state index contributed by atoms with van der Waals surface area (Å²) in [5.41, 5.74) is 0. The van der Waals surface area contributed by atoms with Gasteiger partial charge in [0.2, 0.25) is 0 Å². The first-order valence-electron chi connectivity index (χ1n) is 9.24. The summed E-state index contributed by atoms with van der Waals surface area (Å²) in [5.74, 6) is 1.01. The number of hydrogen-bond donors (Lipinski definition) is 1. The van der Waals surface area contributed by atoms with Crippen LogP contribution in [0, 0.1) is 5.92 Å². The normalized spacial score (nSPS) is 43.2. The number of nitrogens with one attached hydrogen (secondary N) is 1. The van der Waals surface area contributed by atoms with Crippen LogP contribution in [0.2, 0.25) is 0 Å². The Bertz CT molecular complexity index is 290. The van der Waals surface area contributed by atoms with Gasteiger partial charge in [-0.05, 0) is 57.9 Å². The molecular formula is C18H34N2. The van der Waals surface area contributed by atoms with E-state index < -0.39 is 0 Å². The van der Waals surface area contributed by atoms with E-state index >= 15 is 0 Å². The van der Waals surface area contributed by atoms with Crippen LogP contribution in [-0.2, 0) is 0 Å². The van der Waals surface area contributed by atoms with Gasteiger partial charge in [-0.25, -0.2) is 0 Å². The van der Waals surface area contributed by atoms with E-state index in [0.29, 0.717) is 0 Å². The van der Waals surface area contributed by atoms with Gasteiger partial charge >= 0.3 is 0 Å². The molecule has 0 aromatic rings. The van der Waals surface area contributed by atoms with E-state index in [1.165, 1.54) is 70.6 Å². The third-order valence-electron chi connectivity index (χ3n) is 6.48. The van der Waals surface area contributed by atoms with E-state index in [2.05, 4.69) is 24.2 Å². The lowest BCUT2D eigenvalue weighted by Gasteiger charge is -2.48. The molecule has 2 bridgehead atoms. The van der Waals surface area contributed by atoms with Crippen LogP contribution in [0.1, 0.15) is 77.6 Å². The van der Waals surface area contributed by atoms with E-state index in [-0.39, 0.29) is 0 Å². The Kier molecular flexibility index (Phi) is 5.04. The lowest BCUT2D eigenvalue weighted by Crippen LogP contribution is -2.55. The van der Waals surface area contributed by atoms with Crippen LogP contribution in [0.3, 0.4) is 0 Å². The Labute approximate surface area is 125 Å². The fraction of sp³-hybridized carbons (Fsp3) is 1.00. The minimum atomic E-state index is 0.810. The Morgan fingerprint density at radius 3 is 2.25 bits per heavy atom. The number of hydrogen-bond acceptors (Lipinski definition) is 2. The van der Waals surface area contributed by atoms with Crippen molar-refractivity contribution < 1.29 is 0 Å². The van der Waals surface area contributed by atoms with E-state index in [1.807, 2.05) is 0 Å². The molecule has 0 spiro atoms. The maximum absolute atomic E-state index is 4.06. The summed E-state index contributed by atoms with van der Waals surface area (Å²) in [5, 5.41) is 4.06. The summed E-state index contributed by atoms with van der Waals surface area (Å²) in [6.45, 7) is 2.37. The zero-order valence-electron chi connectivity index (χ0n) is 13.6. The smallest absolute Gasteiger partial charge is 0.0110 e. The SMILES string of the molecule is CCC1CCCC(NC2CC3CCCC(C2)N3C)CC1. The Morgan fingerprint density at radius 1 is 0.850 bits per heavy atom. The number of rotatable bonds is 3. The van der Waals surface area contributed by atoms with Crippen molar-refractivity contribution in [3.8, 4) is 0 Å². The zero-order valence-corrected chi connectivity index (χ0v) is 13.6. The average molecular weight is 278 g/mol. The second kappa shape index (κ2) is 6.79. The molecule has 0 aromatic heterocycles. The van der Waals surface area contributed by atoms with Crippen LogP contribution in [-0.4, -0.2) is 36.1 Å². The summed E-state index contributed by atoms with van der Waals surface area (Å²) < 4.78 is 0. The molecule has 1 aliphatic carbocycles. The molecule has 3 fully saturated rings. The summed E-state index contributed by atoms with van der Waals surface area (Å²) in [6.07, 6.45) is 15.8.